The highest BCUT2D eigenvalue weighted by Gasteiger charge is 2.12. The highest BCUT2D eigenvalue weighted by molar-refractivity contribution is 5.92. The van der Waals surface area contributed by atoms with E-state index in [4.69, 9.17) is 9.47 Å². The van der Waals surface area contributed by atoms with Crippen molar-refractivity contribution in [1.82, 2.24) is 9.78 Å². The summed E-state index contributed by atoms with van der Waals surface area (Å²) in [5.74, 6) is 0.669. The lowest BCUT2D eigenvalue weighted by atomic mass is 10.1. The Morgan fingerprint density at radius 1 is 0.935 bits per heavy atom. The van der Waals surface area contributed by atoms with Crippen molar-refractivity contribution in [3.05, 3.63) is 83.2 Å². The van der Waals surface area contributed by atoms with E-state index < -0.39 is 5.91 Å². The van der Waals surface area contributed by atoms with Gasteiger partial charge in [-0.25, -0.2) is 4.68 Å². The molecule has 4 aromatic rings. The van der Waals surface area contributed by atoms with Crippen LogP contribution in [0, 0.1) is 0 Å². The van der Waals surface area contributed by atoms with Crippen LogP contribution in [0.1, 0.15) is 0 Å². The largest absolute Gasteiger partial charge is 0.497 e. The first-order chi connectivity index (χ1) is 15.1. The molecule has 4 rings (SSSR count). The number of ether oxygens (including phenoxy) is 2. The van der Waals surface area contributed by atoms with E-state index in [1.54, 1.807) is 31.4 Å². The zero-order valence-corrected chi connectivity index (χ0v) is 17.2. The number of nitrogens with zero attached hydrogens (tertiary/aromatic N) is 2. The number of hydrogen-bond acceptors (Lipinski definition) is 5. The van der Waals surface area contributed by atoms with Gasteiger partial charge in [0, 0.05) is 17.7 Å². The van der Waals surface area contributed by atoms with E-state index >= 15 is 0 Å². The molecule has 0 spiro atoms. The number of methoxy groups -OCH3 is 2. The second-order valence-corrected chi connectivity index (χ2v) is 6.89. The fraction of sp³-hybridized carbons (Fsp3) is 0.125. The summed E-state index contributed by atoms with van der Waals surface area (Å²) in [7, 11) is 3.05. The maximum atomic E-state index is 12.6. The van der Waals surface area contributed by atoms with Gasteiger partial charge in [0.05, 0.1) is 25.6 Å². The summed E-state index contributed by atoms with van der Waals surface area (Å²) in [6, 6.07) is 22.1. The summed E-state index contributed by atoms with van der Waals surface area (Å²) in [6.07, 6.45) is 0. The first-order valence-corrected chi connectivity index (χ1v) is 9.66. The van der Waals surface area contributed by atoms with E-state index in [1.807, 2.05) is 42.5 Å². The van der Waals surface area contributed by atoms with E-state index in [1.165, 1.54) is 13.2 Å². The van der Waals surface area contributed by atoms with Gasteiger partial charge in [0.25, 0.3) is 5.56 Å². The van der Waals surface area contributed by atoms with Crippen LogP contribution in [0.2, 0.25) is 0 Å². The molecule has 0 aliphatic heterocycles. The highest BCUT2D eigenvalue weighted by Crippen LogP contribution is 2.29. The van der Waals surface area contributed by atoms with Crippen LogP contribution in [0.4, 0.5) is 5.69 Å². The second kappa shape index (κ2) is 8.71. The van der Waals surface area contributed by atoms with Crippen molar-refractivity contribution in [2.75, 3.05) is 19.5 Å². The molecule has 0 saturated heterocycles. The Labute approximate surface area is 178 Å². The van der Waals surface area contributed by atoms with Crippen molar-refractivity contribution in [3.8, 4) is 22.8 Å². The fourth-order valence-electron chi connectivity index (χ4n) is 3.29. The third-order valence-electron chi connectivity index (χ3n) is 4.89. The third-order valence-corrected chi connectivity index (χ3v) is 4.89. The Morgan fingerprint density at radius 2 is 1.74 bits per heavy atom. The molecule has 0 radical (unpaired) electrons. The maximum absolute atomic E-state index is 12.6. The van der Waals surface area contributed by atoms with Gasteiger partial charge >= 0.3 is 0 Å². The van der Waals surface area contributed by atoms with Gasteiger partial charge in [0.2, 0.25) is 5.91 Å². The summed E-state index contributed by atoms with van der Waals surface area (Å²) in [4.78, 5) is 24.9. The number of carbonyl (C=O) groups is 1. The van der Waals surface area contributed by atoms with E-state index in [0.717, 1.165) is 21.0 Å². The lowest BCUT2D eigenvalue weighted by molar-refractivity contribution is -0.117. The minimum absolute atomic E-state index is 0.227. The van der Waals surface area contributed by atoms with Crippen molar-refractivity contribution < 1.29 is 14.3 Å². The monoisotopic (exact) mass is 415 g/mol. The topological polar surface area (TPSA) is 82.5 Å². The molecule has 31 heavy (non-hydrogen) atoms. The molecule has 1 amide bonds. The highest BCUT2D eigenvalue weighted by atomic mass is 16.5. The summed E-state index contributed by atoms with van der Waals surface area (Å²) in [6.45, 7) is -0.227. The number of rotatable bonds is 6. The number of benzene rings is 3. The Bertz CT molecular complexity index is 1310. The molecule has 0 aliphatic rings. The minimum Gasteiger partial charge on any atom is -0.497 e. The van der Waals surface area contributed by atoms with Gasteiger partial charge in [-0.2, -0.15) is 5.10 Å². The zero-order chi connectivity index (χ0) is 21.8. The summed E-state index contributed by atoms with van der Waals surface area (Å²) < 4.78 is 11.6. The van der Waals surface area contributed by atoms with E-state index in [9.17, 15) is 9.59 Å². The predicted molar refractivity (Wildman–Crippen MR) is 120 cm³/mol. The number of nitrogens with one attached hydrogen (secondary N) is 1. The van der Waals surface area contributed by atoms with Crippen LogP contribution in [-0.2, 0) is 11.3 Å². The predicted octanol–water partition coefficient (Wildman–Crippen LogP) is 3.72. The summed E-state index contributed by atoms with van der Waals surface area (Å²) in [5.41, 5.74) is 1.60. The first kappa shape index (κ1) is 20.2. The summed E-state index contributed by atoms with van der Waals surface area (Å²) in [5, 5.41) is 9.34. The van der Waals surface area contributed by atoms with Gasteiger partial charge in [-0.1, -0.05) is 36.4 Å². The number of carbonyl (C=O) groups excluding carboxylic acids is 1. The second-order valence-electron chi connectivity index (χ2n) is 6.89. The molecule has 1 N–H and O–H groups in total. The van der Waals surface area contributed by atoms with Crippen molar-refractivity contribution in [1.29, 1.82) is 0 Å². The maximum Gasteiger partial charge on any atom is 0.267 e. The number of hydrogen-bond donors (Lipinski definition) is 1. The van der Waals surface area contributed by atoms with Crippen molar-refractivity contribution in [3.63, 3.8) is 0 Å². The van der Waals surface area contributed by atoms with E-state index in [-0.39, 0.29) is 12.1 Å². The average Bonchev–Trinajstić information content (AvgIpc) is 2.80. The molecular weight excluding hydrogens is 394 g/mol. The number of fused-ring (bicyclic) bond motifs is 1. The third kappa shape index (κ3) is 4.40. The number of amides is 1. The van der Waals surface area contributed by atoms with Gasteiger partial charge in [0.1, 0.15) is 18.0 Å². The molecule has 156 valence electrons. The molecule has 7 heteroatoms. The number of aromatic nitrogens is 2. The van der Waals surface area contributed by atoms with Gasteiger partial charge in [-0.3, -0.25) is 9.59 Å². The Morgan fingerprint density at radius 3 is 2.52 bits per heavy atom. The smallest absolute Gasteiger partial charge is 0.267 e. The van der Waals surface area contributed by atoms with Gasteiger partial charge in [0.15, 0.2) is 0 Å². The molecule has 1 aromatic heterocycles. The lowest BCUT2D eigenvalue weighted by Gasteiger charge is -2.12. The van der Waals surface area contributed by atoms with Crippen molar-refractivity contribution in [2.45, 2.75) is 6.54 Å². The molecule has 1 heterocycles. The van der Waals surface area contributed by atoms with Gasteiger partial charge < -0.3 is 14.8 Å². The quantitative estimate of drug-likeness (QED) is 0.519. The molecule has 0 aliphatic carbocycles. The molecule has 0 atom stereocenters. The molecular formula is C24H21N3O4. The molecule has 3 aromatic carbocycles. The first-order valence-electron chi connectivity index (χ1n) is 9.66. The fourth-order valence-corrected chi connectivity index (χ4v) is 3.29. The van der Waals surface area contributed by atoms with Gasteiger partial charge in [-0.15, -0.1) is 0 Å². The van der Waals surface area contributed by atoms with Crippen LogP contribution in [0.5, 0.6) is 11.5 Å². The Balaban J connectivity index is 1.57. The van der Waals surface area contributed by atoms with Crippen molar-refractivity contribution in [2.24, 2.45) is 0 Å². The summed E-state index contributed by atoms with van der Waals surface area (Å²) >= 11 is 0. The van der Waals surface area contributed by atoms with Crippen LogP contribution in [0.25, 0.3) is 22.0 Å². The lowest BCUT2D eigenvalue weighted by Crippen LogP contribution is -2.29. The van der Waals surface area contributed by atoms with Crippen LogP contribution >= 0.6 is 0 Å². The zero-order valence-electron chi connectivity index (χ0n) is 17.2. The average molecular weight is 415 g/mol. The van der Waals surface area contributed by atoms with E-state index in [0.29, 0.717) is 22.9 Å². The van der Waals surface area contributed by atoms with Crippen LogP contribution in [0.15, 0.2) is 77.6 Å². The number of anilines is 1. The standard InChI is InChI=1S/C24H21N3O4/c1-30-19-9-10-21(22(14-19)31-2)25-23(28)15-27-24(29)12-11-20(26-27)18-8-7-16-5-3-4-6-17(16)13-18/h3-14H,15H2,1-2H3,(H,25,28). The Hall–Kier alpha value is -4.13. The van der Waals surface area contributed by atoms with E-state index in [2.05, 4.69) is 10.4 Å². The van der Waals surface area contributed by atoms with Crippen LogP contribution < -0.4 is 20.3 Å². The molecule has 0 unspecified atom stereocenters. The Kier molecular flexibility index (Phi) is 5.66. The van der Waals surface area contributed by atoms with Gasteiger partial charge in [-0.05, 0) is 35.0 Å². The molecule has 0 bridgehead atoms. The van der Waals surface area contributed by atoms with Crippen LogP contribution in [0.3, 0.4) is 0 Å². The normalized spacial score (nSPS) is 10.6. The van der Waals surface area contributed by atoms with Crippen molar-refractivity contribution >= 4 is 22.4 Å². The molecule has 7 nitrogen and oxygen atoms in total. The van der Waals surface area contributed by atoms with Crippen LogP contribution in [-0.4, -0.2) is 29.9 Å². The molecule has 0 fully saturated rings. The SMILES string of the molecule is COc1ccc(NC(=O)Cn2nc(-c3ccc4ccccc4c3)ccc2=O)c(OC)c1. The molecule has 0 saturated carbocycles. The minimum atomic E-state index is -0.395.